The molecular formula is C16H12ClNO2. The SMILES string of the molecule is C[C@H](c1ccccc1)N1C(=O)c2ccc(Cl)cc2C1=O. The molecule has 1 aliphatic heterocycles. The lowest BCUT2D eigenvalue weighted by Crippen LogP contribution is -2.32. The molecule has 0 radical (unpaired) electrons. The van der Waals surface area contributed by atoms with Crippen molar-refractivity contribution < 1.29 is 9.59 Å². The molecule has 3 rings (SSSR count). The Kier molecular flexibility index (Phi) is 3.07. The van der Waals surface area contributed by atoms with E-state index in [2.05, 4.69) is 0 Å². The molecule has 0 unspecified atom stereocenters. The maximum atomic E-state index is 12.4. The summed E-state index contributed by atoms with van der Waals surface area (Å²) in [5, 5.41) is 0.458. The Labute approximate surface area is 121 Å². The average Bonchev–Trinajstić information content (AvgIpc) is 2.71. The molecule has 0 spiro atoms. The second-order valence-corrected chi connectivity index (χ2v) is 5.19. The van der Waals surface area contributed by atoms with E-state index in [1.807, 2.05) is 37.3 Å². The second-order valence-electron chi connectivity index (χ2n) is 4.76. The van der Waals surface area contributed by atoms with Crippen LogP contribution in [0.4, 0.5) is 0 Å². The number of rotatable bonds is 2. The average molecular weight is 286 g/mol. The zero-order valence-corrected chi connectivity index (χ0v) is 11.6. The summed E-state index contributed by atoms with van der Waals surface area (Å²) < 4.78 is 0. The Morgan fingerprint density at radius 3 is 2.30 bits per heavy atom. The van der Waals surface area contributed by atoms with Crippen LogP contribution in [0.3, 0.4) is 0 Å². The van der Waals surface area contributed by atoms with Crippen LogP contribution in [0.1, 0.15) is 39.2 Å². The van der Waals surface area contributed by atoms with Gasteiger partial charge < -0.3 is 0 Å². The quantitative estimate of drug-likeness (QED) is 0.789. The summed E-state index contributed by atoms with van der Waals surface area (Å²) in [7, 11) is 0. The molecule has 0 aliphatic carbocycles. The van der Waals surface area contributed by atoms with E-state index in [1.54, 1.807) is 18.2 Å². The van der Waals surface area contributed by atoms with Crippen LogP contribution in [0, 0.1) is 0 Å². The molecule has 1 aliphatic rings. The van der Waals surface area contributed by atoms with Crippen molar-refractivity contribution in [3.63, 3.8) is 0 Å². The van der Waals surface area contributed by atoms with Crippen LogP contribution in [0.15, 0.2) is 48.5 Å². The first-order valence-corrected chi connectivity index (χ1v) is 6.70. The van der Waals surface area contributed by atoms with Gasteiger partial charge in [-0.05, 0) is 30.7 Å². The molecule has 1 heterocycles. The van der Waals surface area contributed by atoms with Crippen LogP contribution in [-0.4, -0.2) is 16.7 Å². The minimum Gasteiger partial charge on any atom is -0.269 e. The van der Waals surface area contributed by atoms with Crippen LogP contribution < -0.4 is 0 Å². The number of fused-ring (bicyclic) bond motifs is 1. The van der Waals surface area contributed by atoms with Crippen LogP contribution in [0.5, 0.6) is 0 Å². The summed E-state index contributed by atoms with van der Waals surface area (Å²) in [6.45, 7) is 1.85. The molecule has 4 heteroatoms. The normalized spacial score (nSPS) is 15.4. The van der Waals surface area contributed by atoms with Gasteiger partial charge in [0, 0.05) is 5.02 Å². The molecule has 2 aromatic rings. The number of benzene rings is 2. The second kappa shape index (κ2) is 4.76. The van der Waals surface area contributed by atoms with Crippen molar-refractivity contribution >= 4 is 23.4 Å². The van der Waals surface area contributed by atoms with Gasteiger partial charge in [0.05, 0.1) is 17.2 Å². The summed E-state index contributed by atoms with van der Waals surface area (Å²) in [4.78, 5) is 26.1. The first-order valence-electron chi connectivity index (χ1n) is 6.32. The summed E-state index contributed by atoms with van der Waals surface area (Å²) in [5.74, 6) is -0.554. The Morgan fingerprint density at radius 1 is 0.950 bits per heavy atom. The Hall–Kier alpha value is -2.13. The molecule has 20 heavy (non-hydrogen) atoms. The monoisotopic (exact) mass is 285 g/mol. The highest BCUT2D eigenvalue weighted by atomic mass is 35.5. The number of imide groups is 1. The van der Waals surface area contributed by atoms with Crippen LogP contribution in [0.2, 0.25) is 5.02 Å². The van der Waals surface area contributed by atoms with E-state index in [0.717, 1.165) is 5.56 Å². The van der Waals surface area contributed by atoms with Gasteiger partial charge in [0.25, 0.3) is 11.8 Å². The molecule has 0 saturated heterocycles. The summed E-state index contributed by atoms with van der Waals surface area (Å²) >= 11 is 5.90. The lowest BCUT2D eigenvalue weighted by Gasteiger charge is -2.22. The smallest absolute Gasteiger partial charge is 0.262 e. The van der Waals surface area contributed by atoms with E-state index in [9.17, 15) is 9.59 Å². The van der Waals surface area contributed by atoms with Gasteiger partial charge in [0.1, 0.15) is 0 Å². The van der Waals surface area contributed by atoms with Gasteiger partial charge in [-0.3, -0.25) is 14.5 Å². The summed E-state index contributed by atoms with van der Waals surface area (Å²) in [6, 6.07) is 14.0. The summed E-state index contributed by atoms with van der Waals surface area (Å²) in [5.41, 5.74) is 1.72. The zero-order chi connectivity index (χ0) is 14.3. The molecular weight excluding hydrogens is 274 g/mol. The van der Waals surface area contributed by atoms with Crippen LogP contribution >= 0.6 is 11.6 Å². The van der Waals surface area contributed by atoms with Crippen molar-refractivity contribution in [3.05, 3.63) is 70.2 Å². The highest BCUT2D eigenvalue weighted by molar-refractivity contribution is 6.32. The third-order valence-electron chi connectivity index (χ3n) is 3.55. The van der Waals surface area contributed by atoms with Crippen molar-refractivity contribution in [2.45, 2.75) is 13.0 Å². The number of carbonyl (C=O) groups is 2. The highest BCUT2D eigenvalue weighted by Crippen LogP contribution is 2.32. The maximum Gasteiger partial charge on any atom is 0.262 e. The number of carbonyl (C=O) groups excluding carboxylic acids is 2. The van der Waals surface area contributed by atoms with Crippen LogP contribution in [0.25, 0.3) is 0 Å². The standard InChI is InChI=1S/C16H12ClNO2/c1-10(11-5-3-2-4-6-11)18-15(19)13-8-7-12(17)9-14(13)16(18)20/h2-10H,1H3/t10-/m1/s1. The first-order chi connectivity index (χ1) is 9.59. The Morgan fingerprint density at radius 2 is 1.60 bits per heavy atom. The number of hydrogen-bond donors (Lipinski definition) is 0. The maximum absolute atomic E-state index is 12.4. The zero-order valence-electron chi connectivity index (χ0n) is 10.8. The number of amides is 2. The molecule has 2 aromatic carbocycles. The first kappa shape index (κ1) is 12.9. The molecule has 0 aromatic heterocycles. The molecule has 100 valence electrons. The van der Waals surface area contributed by atoms with Gasteiger partial charge in [-0.15, -0.1) is 0 Å². The molecule has 0 N–H and O–H groups in total. The van der Waals surface area contributed by atoms with Gasteiger partial charge in [-0.1, -0.05) is 41.9 Å². The lowest BCUT2D eigenvalue weighted by atomic mass is 10.1. The van der Waals surface area contributed by atoms with Crippen molar-refractivity contribution in [1.29, 1.82) is 0 Å². The third kappa shape index (κ3) is 1.91. The molecule has 3 nitrogen and oxygen atoms in total. The third-order valence-corrected chi connectivity index (χ3v) is 3.78. The number of hydrogen-bond acceptors (Lipinski definition) is 2. The van der Waals surface area contributed by atoms with Gasteiger partial charge in [-0.2, -0.15) is 0 Å². The highest BCUT2D eigenvalue weighted by Gasteiger charge is 2.38. The van der Waals surface area contributed by atoms with E-state index >= 15 is 0 Å². The van der Waals surface area contributed by atoms with E-state index in [-0.39, 0.29) is 17.9 Å². The summed E-state index contributed by atoms with van der Waals surface area (Å²) in [6.07, 6.45) is 0. The Balaban J connectivity index is 2.02. The fourth-order valence-corrected chi connectivity index (χ4v) is 2.64. The van der Waals surface area contributed by atoms with Crippen molar-refractivity contribution in [2.75, 3.05) is 0 Å². The largest absolute Gasteiger partial charge is 0.269 e. The van der Waals surface area contributed by atoms with E-state index in [0.29, 0.717) is 16.1 Å². The molecule has 0 saturated carbocycles. The Bertz CT molecular complexity index is 697. The fraction of sp³-hybridized carbons (Fsp3) is 0.125. The fourth-order valence-electron chi connectivity index (χ4n) is 2.46. The van der Waals surface area contributed by atoms with Crippen molar-refractivity contribution in [2.24, 2.45) is 0 Å². The van der Waals surface area contributed by atoms with Crippen molar-refractivity contribution in [3.8, 4) is 0 Å². The lowest BCUT2D eigenvalue weighted by molar-refractivity contribution is 0.0595. The number of nitrogens with zero attached hydrogens (tertiary/aromatic N) is 1. The molecule has 0 bridgehead atoms. The predicted molar refractivity (Wildman–Crippen MR) is 76.8 cm³/mol. The van der Waals surface area contributed by atoms with E-state index < -0.39 is 0 Å². The van der Waals surface area contributed by atoms with E-state index in [1.165, 1.54) is 4.90 Å². The van der Waals surface area contributed by atoms with Crippen molar-refractivity contribution in [1.82, 2.24) is 4.90 Å². The predicted octanol–water partition coefficient (Wildman–Crippen LogP) is 3.70. The molecule has 2 amide bonds. The molecule has 1 atom stereocenters. The van der Waals surface area contributed by atoms with Gasteiger partial charge >= 0.3 is 0 Å². The van der Waals surface area contributed by atoms with Crippen LogP contribution in [-0.2, 0) is 0 Å². The minimum atomic E-state index is -0.303. The minimum absolute atomic E-state index is 0.266. The number of halogens is 1. The van der Waals surface area contributed by atoms with Gasteiger partial charge in [-0.25, -0.2) is 0 Å². The topological polar surface area (TPSA) is 37.4 Å². The van der Waals surface area contributed by atoms with Gasteiger partial charge in [0.15, 0.2) is 0 Å². The molecule has 0 fully saturated rings. The van der Waals surface area contributed by atoms with E-state index in [4.69, 9.17) is 11.6 Å². The van der Waals surface area contributed by atoms with Gasteiger partial charge in [0.2, 0.25) is 0 Å².